The summed E-state index contributed by atoms with van der Waals surface area (Å²) in [5, 5.41) is 19.1. The largest absolute Gasteiger partial charge is 0.497 e. The number of thiocarbonyl (C=S) groups is 1. The van der Waals surface area contributed by atoms with Crippen LogP contribution in [-0.4, -0.2) is 33.0 Å². The molecule has 8 nitrogen and oxygen atoms in total. The van der Waals surface area contributed by atoms with Crippen LogP contribution < -0.4 is 20.7 Å². The molecule has 2 aromatic rings. The molecule has 3 N–H and O–H groups in total. The first kappa shape index (κ1) is 23.0. The number of hydrogen-bond donors (Lipinski definition) is 3. The first-order valence-electron chi connectivity index (χ1n) is 7.94. The van der Waals surface area contributed by atoms with Crippen molar-refractivity contribution in [3.8, 4) is 5.75 Å². The summed E-state index contributed by atoms with van der Waals surface area (Å²) in [5.41, 5.74) is 0.0518. The molecule has 0 radical (unpaired) electrons. The molecular weight excluding hydrogens is 463 g/mol. The summed E-state index contributed by atoms with van der Waals surface area (Å²) in [7, 11) is 1.54. The maximum atomic E-state index is 12.5. The molecule has 0 aromatic heterocycles. The van der Waals surface area contributed by atoms with Crippen molar-refractivity contribution in [2.24, 2.45) is 0 Å². The zero-order valence-electron chi connectivity index (χ0n) is 14.8. The molecule has 1 atom stereocenters. The van der Waals surface area contributed by atoms with Crippen LogP contribution >= 0.6 is 47.0 Å². The molecule has 0 bridgehead atoms. The van der Waals surface area contributed by atoms with Gasteiger partial charge in [-0.2, -0.15) is 0 Å². The zero-order valence-corrected chi connectivity index (χ0v) is 17.9. The number of hydrogen-bond acceptors (Lipinski definition) is 5. The Hall–Kier alpha value is -2.33. The highest BCUT2D eigenvalue weighted by Crippen LogP contribution is 2.30. The van der Waals surface area contributed by atoms with Crippen molar-refractivity contribution >= 4 is 69.4 Å². The molecule has 2 rings (SSSR count). The van der Waals surface area contributed by atoms with E-state index in [2.05, 4.69) is 16.0 Å². The van der Waals surface area contributed by atoms with Crippen LogP contribution in [0.1, 0.15) is 10.4 Å². The minimum atomic E-state index is -2.01. The van der Waals surface area contributed by atoms with Crippen molar-refractivity contribution in [2.45, 2.75) is 9.96 Å². The van der Waals surface area contributed by atoms with Gasteiger partial charge in [0.1, 0.15) is 17.5 Å². The van der Waals surface area contributed by atoms with E-state index >= 15 is 0 Å². The molecule has 0 heterocycles. The Morgan fingerprint density at radius 2 is 1.76 bits per heavy atom. The number of amides is 1. The second-order valence-electron chi connectivity index (χ2n) is 5.55. The van der Waals surface area contributed by atoms with Gasteiger partial charge >= 0.3 is 0 Å². The number of nitrogens with one attached hydrogen (secondary N) is 3. The molecule has 0 saturated carbocycles. The lowest BCUT2D eigenvalue weighted by molar-refractivity contribution is -0.385. The third-order valence-electron chi connectivity index (χ3n) is 3.57. The Morgan fingerprint density at radius 3 is 2.31 bits per heavy atom. The lowest BCUT2D eigenvalue weighted by Gasteiger charge is -2.27. The monoisotopic (exact) mass is 476 g/mol. The van der Waals surface area contributed by atoms with Crippen molar-refractivity contribution < 1.29 is 14.5 Å². The predicted molar refractivity (Wildman–Crippen MR) is 117 cm³/mol. The Morgan fingerprint density at radius 1 is 1.14 bits per heavy atom. The zero-order chi connectivity index (χ0) is 21.6. The lowest BCUT2D eigenvalue weighted by atomic mass is 10.1. The molecule has 0 fully saturated rings. The number of methoxy groups -OCH3 is 1. The molecule has 154 valence electrons. The SMILES string of the molecule is COc1ccc(NC(=S)NC(NC(=O)c2ccccc2[N+](=O)[O-])C(Cl)(Cl)Cl)cc1. The van der Waals surface area contributed by atoms with Gasteiger partial charge in [0.15, 0.2) is 5.11 Å². The number of nitro benzene ring substituents is 1. The van der Waals surface area contributed by atoms with E-state index in [-0.39, 0.29) is 16.4 Å². The van der Waals surface area contributed by atoms with E-state index < -0.39 is 20.8 Å². The maximum absolute atomic E-state index is 12.5. The van der Waals surface area contributed by atoms with Gasteiger partial charge in [0.2, 0.25) is 3.79 Å². The second kappa shape index (κ2) is 9.93. The lowest BCUT2D eigenvalue weighted by Crippen LogP contribution is -2.56. The second-order valence-corrected chi connectivity index (χ2v) is 8.33. The van der Waals surface area contributed by atoms with Gasteiger partial charge in [-0.05, 0) is 42.5 Å². The number of carbonyl (C=O) groups is 1. The highest BCUT2D eigenvalue weighted by atomic mass is 35.6. The minimum absolute atomic E-state index is 0.0503. The maximum Gasteiger partial charge on any atom is 0.282 e. The average molecular weight is 478 g/mol. The fourth-order valence-corrected chi connectivity index (χ4v) is 2.77. The summed E-state index contributed by atoms with van der Waals surface area (Å²) in [6, 6.07) is 12.3. The predicted octanol–water partition coefficient (Wildman–Crippen LogP) is 4.02. The number of anilines is 1. The summed E-state index contributed by atoms with van der Waals surface area (Å²) in [6.07, 6.45) is -1.28. The number of carbonyl (C=O) groups excluding carboxylic acids is 1. The van der Waals surface area contributed by atoms with Crippen LogP contribution in [-0.2, 0) is 0 Å². The van der Waals surface area contributed by atoms with Gasteiger partial charge in [0.05, 0.1) is 12.0 Å². The van der Waals surface area contributed by atoms with Gasteiger partial charge in [-0.25, -0.2) is 0 Å². The number of ether oxygens (including phenoxy) is 1. The summed E-state index contributed by atoms with van der Waals surface area (Å²) in [6.45, 7) is 0. The first-order valence-corrected chi connectivity index (χ1v) is 9.48. The van der Waals surface area contributed by atoms with Crippen molar-refractivity contribution in [1.82, 2.24) is 10.6 Å². The van der Waals surface area contributed by atoms with Crippen LogP contribution in [0.2, 0.25) is 0 Å². The molecule has 0 aliphatic rings. The molecule has 1 unspecified atom stereocenters. The first-order chi connectivity index (χ1) is 13.6. The molecule has 0 saturated heterocycles. The molecule has 0 spiro atoms. The smallest absolute Gasteiger partial charge is 0.282 e. The Balaban J connectivity index is 2.12. The average Bonchev–Trinajstić information content (AvgIpc) is 2.67. The van der Waals surface area contributed by atoms with Crippen LogP contribution in [0.4, 0.5) is 11.4 Å². The van der Waals surface area contributed by atoms with E-state index in [0.717, 1.165) is 0 Å². The highest BCUT2D eigenvalue weighted by Gasteiger charge is 2.36. The van der Waals surface area contributed by atoms with Crippen LogP contribution in [0.3, 0.4) is 0 Å². The van der Waals surface area contributed by atoms with Gasteiger partial charge < -0.3 is 20.7 Å². The summed E-state index contributed by atoms with van der Waals surface area (Å²) < 4.78 is 3.06. The fourth-order valence-electron chi connectivity index (χ4n) is 2.21. The molecule has 1 amide bonds. The van der Waals surface area contributed by atoms with Gasteiger partial charge in [-0.1, -0.05) is 46.9 Å². The molecule has 2 aromatic carbocycles. The number of rotatable bonds is 6. The number of benzene rings is 2. The van der Waals surface area contributed by atoms with Crippen molar-refractivity contribution in [3.05, 3.63) is 64.2 Å². The third kappa shape index (κ3) is 6.60. The van der Waals surface area contributed by atoms with E-state index in [4.69, 9.17) is 51.8 Å². The van der Waals surface area contributed by atoms with Gasteiger partial charge in [-0.3, -0.25) is 14.9 Å². The number of alkyl halides is 3. The number of nitro groups is 1. The molecule has 0 aliphatic heterocycles. The number of nitrogens with zero attached hydrogens (tertiary/aromatic N) is 1. The standard InChI is InChI=1S/C17H15Cl3N4O4S/c1-28-11-8-6-10(7-9-11)21-16(29)23-15(17(18,19)20)22-14(25)12-4-2-3-5-13(12)24(26)27/h2-9,15H,1H3,(H,22,25)(H2,21,23,29). The van der Waals surface area contributed by atoms with E-state index in [1.165, 1.54) is 24.3 Å². The Bertz CT molecular complexity index is 906. The third-order valence-corrected chi connectivity index (χ3v) is 4.45. The van der Waals surface area contributed by atoms with Gasteiger partial charge in [0.25, 0.3) is 11.6 Å². The number of para-hydroxylation sites is 1. The summed E-state index contributed by atoms with van der Waals surface area (Å²) in [5.74, 6) is -0.154. The molecule has 12 heteroatoms. The number of halogens is 3. The Kier molecular flexibility index (Phi) is 7.86. The highest BCUT2D eigenvalue weighted by molar-refractivity contribution is 7.80. The van der Waals surface area contributed by atoms with Crippen LogP contribution in [0.25, 0.3) is 0 Å². The van der Waals surface area contributed by atoms with Crippen molar-refractivity contribution in [1.29, 1.82) is 0 Å². The van der Waals surface area contributed by atoms with E-state index in [1.54, 1.807) is 31.4 Å². The Labute approximate surface area is 186 Å². The fraction of sp³-hybridized carbons (Fsp3) is 0.176. The van der Waals surface area contributed by atoms with Crippen molar-refractivity contribution in [2.75, 3.05) is 12.4 Å². The van der Waals surface area contributed by atoms with E-state index in [1.807, 2.05) is 0 Å². The molecule has 29 heavy (non-hydrogen) atoms. The van der Waals surface area contributed by atoms with Gasteiger partial charge in [-0.15, -0.1) is 0 Å². The van der Waals surface area contributed by atoms with Gasteiger partial charge in [0, 0.05) is 11.8 Å². The minimum Gasteiger partial charge on any atom is -0.497 e. The summed E-state index contributed by atoms with van der Waals surface area (Å²) >= 11 is 23.0. The molecular formula is C17H15Cl3N4O4S. The normalized spacial score (nSPS) is 11.9. The van der Waals surface area contributed by atoms with Crippen LogP contribution in [0, 0.1) is 10.1 Å². The topological polar surface area (TPSA) is 106 Å². The molecule has 0 aliphatic carbocycles. The quantitative estimate of drug-likeness (QED) is 0.190. The van der Waals surface area contributed by atoms with Crippen LogP contribution in [0.15, 0.2) is 48.5 Å². The van der Waals surface area contributed by atoms with Crippen molar-refractivity contribution in [3.63, 3.8) is 0 Å². The van der Waals surface area contributed by atoms with E-state index in [9.17, 15) is 14.9 Å². The van der Waals surface area contributed by atoms with Crippen LogP contribution in [0.5, 0.6) is 5.75 Å². The summed E-state index contributed by atoms with van der Waals surface area (Å²) in [4.78, 5) is 23.0. The van der Waals surface area contributed by atoms with E-state index in [0.29, 0.717) is 11.4 Å².